The molecule has 5 aromatic rings. The maximum atomic E-state index is 2.30. The molecule has 0 radical (unpaired) electrons. The smallest absolute Gasteiger partial charge is 0.0462 e. The van der Waals surface area contributed by atoms with E-state index in [0.29, 0.717) is 0 Å². The molecule has 32 heavy (non-hydrogen) atoms. The van der Waals surface area contributed by atoms with Crippen molar-refractivity contribution in [3.05, 3.63) is 139 Å². The largest absolute Gasteiger partial charge is 0.311 e. The van der Waals surface area contributed by atoms with Gasteiger partial charge in [-0.3, -0.25) is 0 Å². The predicted octanol–water partition coefficient (Wildman–Crippen LogP) is 8.39. The van der Waals surface area contributed by atoms with Gasteiger partial charge in [-0.15, -0.1) is 0 Å². The van der Waals surface area contributed by atoms with Crippen molar-refractivity contribution in [2.75, 3.05) is 4.90 Å². The number of anilines is 3. The standard InChI is InChI=1S/C31H23N/c1-3-11-25(12-4-1)32(26-13-5-2-6-14-26)27-20-18-23(19-21-27)28-16-9-17-30-29-15-8-7-10-24(29)22-31(28)30/h1-21H,22H2. The highest BCUT2D eigenvalue weighted by Crippen LogP contribution is 2.42. The van der Waals surface area contributed by atoms with Gasteiger partial charge in [0.05, 0.1) is 0 Å². The van der Waals surface area contributed by atoms with E-state index in [9.17, 15) is 0 Å². The predicted molar refractivity (Wildman–Crippen MR) is 135 cm³/mol. The van der Waals surface area contributed by atoms with Crippen LogP contribution in [0, 0.1) is 0 Å². The minimum Gasteiger partial charge on any atom is -0.311 e. The van der Waals surface area contributed by atoms with E-state index in [4.69, 9.17) is 0 Å². The van der Waals surface area contributed by atoms with Crippen LogP contribution in [0.5, 0.6) is 0 Å². The van der Waals surface area contributed by atoms with Gasteiger partial charge >= 0.3 is 0 Å². The molecule has 0 unspecified atom stereocenters. The zero-order valence-electron chi connectivity index (χ0n) is 17.8. The van der Waals surface area contributed by atoms with Crippen molar-refractivity contribution in [1.29, 1.82) is 0 Å². The normalized spacial score (nSPS) is 11.6. The topological polar surface area (TPSA) is 3.24 Å². The molecule has 0 saturated heterocycles. The van der Waals surface area contributed by atoms with Crippen LogP contribution >= 0.6 is 0 Å². The molecular formula is C31H23N. The van der Waals surface area contributed by atoms with Crippen LogP contribution in [0.4, 0.5) is 17.1 Å². The molecule has 0 spiro atoms. The average Bonchev–Trinajstić information content (AvgIpc) is 3.25. The SMILES string of the molecule is c1ccc(N(c2ccccc2)c2ccc(-c3cccc4c3Cc3ccccc3-4)cc2)cc1. The highest BCUT2D eigenvalue weighted by atomic mass is 15.1. The highest BCUT2D eigenvalue weighted by molar-refractivity contribution is 5.85. The molecule has 0 N–H and O–H groups in total. The van der Waals surface area contributed by atoms with Crippen molar-refractivity contribution >= 4 is 17.1 Å². The summed E-state index contributed by atoms with van der Waals surface area (Å²) < 4.78 is 0. The van der Waals surface area contributed by atoms with Crippen LogP contribution < -0.4 is 4.90 Å². The molecule has 5 aromatic carbocycles. The first-order valence-corrected chi connectivity index (χ1v) is 11.1. The molecule has 0 aromatic heterocycles. The second kappa shape index (κ2) is 7.86. The number of rotatable bonds is 4. The molecule has 0 amide bonds. The molecule has 0 heterocycles. The van der Waals surface area contributed by atoms with Gasteiger partial charge in [-0.1, -0.05) is 91.0 Å². The Morgan fingerprint density at radius 2 is 0.938 bits per heavy atom. The van der Waals surface area contributed by atoms with Crippen LogP contribution in [-0.4, -0.2) is 0 Å². The summed E-state index contributed by atoms with van der Waals surface area (Å²) in [6.07, 6.45) is 1.00. The zero-order valence-corrected chi connectivity index (χ0v) is 17.8. The minimum atomic E-state index is 1.00. The van der Waals surface area contributed by atoms with Gasteiger partial charge < -0.3 is 4.90 Å². The number of fused-ring (bicyclic) bond motifs is 3. The number of nitrogens with zero attached hydrogens (tertiary/aromatic N) is 1. The number of hydrogen-bond acceptors (Lipinski definition) is 1. The van der Waals surface area contributed by atoms with Gasteiger partial charge in [0.25, 0.3) is 0 Å². The second-order valence-corrected chi connectivity index (χ2v) is 8.22. The summed E-state index contributed by atoms with van der Waals surface area (Å²) in [4.78, 5) is 2.30. The van der Waals surface area contributed by atoms with Crippen LogP contribution in [0.2, 0.25) is 0 Å². The molecule has 1 heteroatoms. The summed E-state index contributed by atoms with van der Waals surface area (Å²) in [7, 11) is 0. The van der Waals surface area contributed by atoms with Gasteiger partial charge in [0.2, 0.25) is 0 Å². The lowest BCUT2D eigenvalue weighted by Crippen LogP contribution is -2.09. The molecule has 1 nitrogen and oxygen atoms in total. The fraction of sp³-hybridized carbons (Fsp3) is 0.0323. The lowest BCUT2D eigenvalue weighted by molar-refractivity contribution is 1.26. The van der Waals surface area contributed by atoms with Crippen molar-refractivity contribution < 1.29 is 0 Å². The first-order valence-electron chi connectivity index (χ1n) is 11.1. The Kier molecular flexibility index (Phi) is 4.58. The molecule has 0 atom stereocenters. The summed E-state index contributed by atoms with van der Waals surface area (Å²) in [6, 6.07) is 45.5. The summed E-state index contributed by atoms with van der Waals surface area (Å²) >= 11 is 0. The third kappa shape index (κ3) is 3.19. The Bertz CT molecular complexity index is 1330. The van der Waals surface area contributed by atoms with E-state index in [1.54, 1.807) is 0 Å². The Morgan fingerprint density at radius 3 is 1.62 bits per heavy atom. The fourth-order valence-corrected chi connectivity index (χ4v) is 4.82. The first kappa shape index (κ1) is 18.7. The summed E-state index contributed by atoms with van der Waals surface area (Å²) in [5, 5.41) is 0. The maximum absolute atomic E-state index is 2.30. The Hall–Kier alpha value is -4.10. The lowest BCUT2D eigenvalue weighted by Gasteiger charge is -2.25. The van der Waals surface area contributed by atoms with Crippen molar-refractivity contribution in [3.63, 3.8) is 0 Å². The van der Waals surface area contributed by atoms with Crippen LogP contribution in [0.15, 0.2) is 127 Å². The number of benzene rings is 5. The Labute approximate surface area is 189 Å². The third-order valence-corrected chi connectivity index (χ3v) is 6.32. The van der Waals surface area contributed by atoms with Gasteiger partial charge in [-0.25, -0.2) is 0 Å². The zero-order chi connectivity index (χ0) is 21.3. The first-order chi connectivity index (χ1) is 15.9. The molecule has 0 aliphatic heterocycles. The average molecular weight is 410 g/mol. The molecule has 0 saturated carbocycles. The third-order valence-electron chi connectivity index (χ3n) is 6.32. The maximum Gasteiger partial charge on any atom is 0.0462 e. The molecule has 0 bridgehead atoms. The quantitative estimate of drug-likeness (QED) is 0.282. The molecule has 1 aliphatic carbocycles. The Balaban J connectivity index is 1.41. The van der Waals surface area contributed by atoms with Crippen LogP contribution in [0.1, 0.15) is 11.1 Å². The van der Waals surface area contributed by atoms with Gasteiger partial charge in [-0.05, 0) is 76.2 Å². The molecule has 1 aliphatic rings. The van der Waals surface area contributed by atoms with Gasteiger partial charge in [0, 0.05) is 17.1 Å². The van der Waals surface area contributed by atoms with E-state index in [0.717, 1.165) is 23.5 Å². The summed E-state index contributed by atoms with van der Waals surface area (Å²) in [6.45, 7) is 0. The second-order valence-electron chi connectivity index (χ2n) is 8.22. The number of hydrogen-bond donors (Lipinski definition) is 0. The van der Waals surface area contributed by atoms with E-state index >= 15 is 0 Å². The Morgan fingerprint density at radius 1 is 0.406 bits per heavy atom. The van der Waals surface area contributed by atoms with E-state index in [1.807, 2.05) is 0 Å². The molecule has 6 rings (SSSR count). The van der Waals surface area contributed by atoms with Crippen molar-refractivity contribution in [1.82, 2.24) is 0 Å². The van der Waals surface area contributed by atoms with Gasteiger partial charge in [-0.2, -0.15) is 0 Å². The van der Waals surface area contributed by atoms with E-state index in [1.165, 1.54) is 33.4 Å². The summed E-state index contributed by atoms with van der Waals surface area (Å²) in [5.41, 5.74) is 11.7. The van der Waals surface area contributed by atoms with Gasteiger partial charge in [0.1, 0.15) is 0 Å². The monoisotopic (exact) mass is 409 g/mol. The van der Waals surface area contributed by atoms with Gasteiger partial charge in [0.15, 0.2) is 0 Å². The van der Waals surface area contributed by atoms with Crippen LogP contribution in [0.3, 0.4) is 0 Å². The van der Waals surface area contributed by atoms with Crippen LogP contribution in [-0.2, 0) is 6.42 Å². The molecule has 152 valence electrons. The van der Waals surface area contributed by atoms with E-state index in [2.05, 4.69) is 132 Å². The minimum absolute atomic E-state index is 1.00. The van der Waals surface area contributed by atoms with Crippen LogP contribution in [0.25, 0.3) is 22.3 Å². The lowest BCUT2D eigenvalue weighted by atomic mass is 9.95. The molecular weight excluding hydrogens is 386 g/mol. The highest BCUT2D eigenvalue weighted by Gasteiger charge is 2.21. The van der Waals surface area contributed by atoms with E-state index < -0.39 is 0 Å². The van der Waals surface area contributed by atoms with Crippen molar-refractivity contribution in [2.24, 2.45) is 0 Å². The van der Waals surface area contributed by atoms with Crippen molar-refractivity contribution in [2.45, 2.75) is 6.42 Å². The fourth-order valence-electron chi connectivity index (χ4n) is 4.82. The summed E-state index contributed by atoms with van der Waals surface area (Å²) in [5.74, 6) is 0. The number of para-hydroxylation sites is 2. The van der Waals surface area contributed by atoms with E-state index in [-0.39, 0.29) is 0 Å². The molecule has 0 fully saturated rings. The van der Waals surface area contributed by atoms with Crippen molar-refractivity contribution in [3.8, 4) is 22.3 Å².